The first kappa shape index (κ1) is 15.3. The van der Waals surface area contributed by atoms with Crippen LogP contribution >= 0.6 is 11.8 Å². The Bertz CT molecular complexity index is 316. The zero-order valence-corrected chi connectivity index (χ0v) is 12.1. The molecule has 0 aromatic rings. The van der Waals surface area contributed by atoms with Gasteiger partial charge >= 0.3 is 5.97 Å². The molecule has 0 radical (unpaired) electrons. The van der Waals surface area contributed by atoms with Crippen molar-refractivity contribution in [3.8, 4) is 0 Å². The first-order valence-electron chi connectivity index (χ1n) is 6.08. The summed E-state index contributed by atoms with van der Waals surface area (Å²) in [6, 6.07) is 0. The van der Waals surface area contributed by atoms with Crippen LogP contribution in [-0.4, -0.2) is 71.5 Å². The topological polar surface area (TPSA) is 60.9 Å². The molecule has 0 bridgehead atoms. The maximum absolute atomic E-state index is 11.9. The van der Waals surface area contributed by atoms with E-state index < -0.39 is 5.97 Å². The molecular formula is C12H22N2O3S. The predicted molar refractivity (Wildman–Crippen MR) is 72.9 cm³/mol. The van der Waals surface area contributed by atoms with Crippen LogP contribution < -0.4 is 0 Å². The van der Waals surface area contributed by atoms with E-state index in [2.05, 4.69) is 19.0 Å². The van der Waals surface area contributed by atoms with Crippen LogP contribution in [0.1, 0.15) is 19.3 Å². The summed E-state index contributed by atoms with van der Waals surface area (Å²) >= 11 is 1.15. The Morgan fingerprint density at radius 1 is 1.22 bits per heavy atom. The van der Waals surface area contributed by atoms with Crippen LogP contribution in [0.3, 0.4) is 0 Å². The summed E-state index contributed by atoms with van der Waals surface area (Å²) in [7, 11) is 5.90. The molecule has 0 heterocycles. The Morgan fingerprint density at radius 2 is 1.83 bits per heavy atom. The van der Waals surface area contributed by atoms with Crippen molar-refractivity contribution in [3.05, 3.63) is 0 Å². The fourth-order valence-corrected chi connectivity index (χ4v) is 2.87. The van der Waals surface area contributed by atoms with E-state index in [1.165, 1.54) is 6.42 Å². The number of hydrogen-bond donors (Lipinski definition) is 1. The molecular weight excluding hydrogens is 252 g/mol. The van der Waals surface area contributed by atoms with E-state index in [0.29, 0.717) is 0 Å². The highest BCUT2D eigenvalue weighted by atomic mass is 32.2. The third-order valence-electron chi connectivity index (χ3n) is 3.64. The van der Waals surface area contributed by atoms with Crippen LogP contribution in [0.15, 0.2) is 0 Å². The standard InChI is InChI=1S/C12H22N2O3S/c1-13(2)12(5-4-6-12)9-14(3)10(15)7-18-8-11(16)17/h4-9H2,1-3H3,(H,16,17). The molecule has 5 nitrogen and oxygen atoms in total. The highest BCUT2D eigenvalue weighted by molar-refractivity contribution is 8.00. The first-order chi connectivity index (χ1) is 8.37. The molecule has 6 heteroatoms. The van der Waals surface area contributed by atoms with Gasteiger partial charge in [-0.1, -0.05) is 0 Å². The van der Waals surface area contributed by atoms with Gasteiger partial charge in [0.15, 0.2) is 0 Å². The number of aliphatic carboxylic acids is 1. The van der Waals surface area contributed by atoms with Crippen molar-refractivity contribution in [3.63, 3.8) is 0 Å². The highest BCUT2D eigenvalue weighted by Gasteiger charge is 2.40. The second-order valence-corrected chi connectivity index (χ2v) is 6.09. The summed E-state index contributed by atoms with van der Waals surface area (Å²) in [6.07, 6.45) is 3.47. The predicted octanol–water partition coefficient (Wildman–Crippen LogP) is 0.747. The average molecular weight is 274 g/mol. The van der Waals surface area contributed by atoms with Gasteiger partial charge in [0.05, 0.1) is 11.5 Å². The molecule has 0 atom stereocenters. The second-order valence-electron chi connectivity index (χ2n) is 5.11. The Hall–Kier alpha value is -0.750. The van der Waals surface area contributed by atoms with Gasteiger partial charge < -0.3 is 14.9 Å². The minimum atomic E-state index is -0.876. The van der Waals surface area contributed by atoms with E-state index in [9.17, 15) is 9.59 Å². The molecule has 1 aliphatic carbocycles. The van der Waals surface area contributed by atoms with E-state index in [-0.39, 0.29) is 23.0 Å². The van der Waals surface area contributed by atoms with Gasteiger partial charge in [-0.05, 0) is 33.4 Å². The number of rotatable bonds is 7. The van der Waals surface area contributed by atoms with Crippen molar-refractivity contribution in [1.82, 2.24) is 9.80 Å². The van der Waals surface area contributed by atoms with Gasteiger partial charge in [0, 0.05) is 19.1 Å². The largest absolute Gasteiger partial charge is 0.481 e. The third-order valence-corrected chi connectivity index (χ3v) is 4.54. The number of thioether (sulfide) groups is 1. The minimum absolute atomic E-state index is 0.00868. The van der Waals surface area contributed by atoms with Gasteiger partial charge in [0.25, 0.3) is 0 Å². The second kappa shape index (κ2) is 6.43. The molecule has 1 aliphatic rings. The Labute approximate surface area is 113 Å². The monoisotopic (exact) mass is 274 g/mol. The van der Waals surface area contributed by atoms with Gasteiger partial charge in [-0.25, -0.2) is 0 Å². The van der Waals surface area contributed by atoms with Crippen molar-refractivity contribution in [2.75, 3.05) is 39.2 Å². The van der Waals surface area contributed by atoms with Crippen LogP contribution in [0.2, 0.25) is 0 Å². The Morgan fingerprint density at radius 3 is 2.22 bits per heavy atom. The van der Waals surface area contributed by atoms with E-state index in [4.69, 9.17) is 5.11 Å². The molecule has 1 saturated carbocycles. The molecule has 0 saturated heterocycles. The zero-order valence-electron chi connectivity index (χ0n) is 11.3. The van der Waals surface area contributed by atoms with Crippen molar-refractivity contribution in [2.24, 2.45) is 0 Å². The van der Waals surface area contributed by atoms with Crippen molar-refractivity contribution in [2.45, 2.75) is 24.8 Å². The van der Waals surface area contributed by atoms with Crippen molar-refractivity contribution < 1.29 is 14.7 Å². The minimum Gasteiger partial charge on any atom is -0.481 e. The lowest BCUT2D eigenvalue weighted by Gasteiger charge is -2.49. The number of nitrogens with zero attached hydrogens (tertiary/aromatic N) is 2. The Kier molecular flexibility index (Phi) is 5.47. The molecule has 1 fully saturated rings. The lowest BCUT2D eigenvalue weighted by molar-refractivity contribution is -0.133. The van der Waals surface area contributed by atoms with Gasteiger partial charge in [0.2, 0.25) is 5.91 Å². The van der Waals surface area contributed by atoms with Gasteiger partial charge in [-0.15, -0.1) is 11.8 Å². The molecule has 0 aliphatic heterocycles. The quantitative estimate of drug-likeness (QED) is 0.742. The number of carboxylic acid groups (broad SMARTS) is 1. The molecule has 0 spiro atoms. The maximum Gasteiger partial charge on any atom is 0.313 e. The molecule has 1 amide bonds. The molecule has 18 heavy (non-hydrogen) atoms. The number of carbonyl (C=O) groups excluding carboxylic acids is 1. The Balaban J connectivity index is 2.37. The first-order valence-corrected chi connectivity index (χ1v) is 7.24. The molecule has 0 aromatic heterocycles. The molecule has 0 unspecified atom stereocenters. The van der Waals surface area contributed by atoms with E-state index in [1.807, 2.05) is 0 Å². The van der Waals surface area contributed by atoms with E-state index >= 15 is 0 Å². The van der Waals surface area contributed by atoms with Crippen LogP contribution in [0, 0.1) is 0 Å². The van der Waals surface area contributed by atoms with E-state index in [0.717, 1.165) is 31.1 Å². The summed E-state index contributed by atoms with van der Waals surface area (Å²) in [5, 5.41) is 8.52. The van der Waals surface area contributed by atoms with Crippen molar-refractivity contribution >= 4 is 23.6 Å². The smallest absolute Gasteiger partial charge is 0.313 e. The van der Waals surface area contributed by atoms with E-state index in [1.54, 1.807) is 11.9 Å². The van der Waals surface area contributed by atoms with Gasteiger partial charge in [0.1, 0.15) is 0 Å². The van der Waals surface area contributed by atoms with Gasteiger partial charge in [-0.2, -0.15) is 0 Å². The van der Waals surface area contributed by atoms with Gasteiger partial charge in [-0.3, -0.25) is 9.59 Å². The fraction of sp³-hybridized carbons (Fsp3) is 0.833. The van der Waals surface area contributed by atoms with Crippen molar-refractivity contribution in [1.29, 1.82) is 0 Å². The summed E-state index contributed by atoms with van der Waals surface area (Å²) in [5.74, 6) is -0.640. The number of likely N-dealkylation sites (N-methyl/N-ethyl adjacent to an activating group) is 2. The highest BCUT2D eigenvalue weighted by Crippen LogP contribution is 2.36. The summed E-state index contributed by atoms with van der Waals surface area (Å²) in [6.45, 7) is 0.729. The van der Waals surface area contributed by atoms with Crippen LogP contribution in [0.5, 0.6) is 0 Å². The lowest BCUT2D eigenvalue weighted by atomic mass is 9.75. The summed E-state index contributed by atoms with van der Waals surface area (Å²) < 4.78 is 0. The molecule has 1 N–H and O–H groups in total. The molecule has 1 rings (SSSR count). The van der Waals surface area contributed by atoms with Crippen LogP contribution in [0.25, 0.3) is 0 Å². The number of amides is 1. The number of carboxylic acids is 1. The number of hydrogen-bond acceptors (Lipinski definition) is 4. The van der Waals surface area contributed by atoms with Crippen LogP contribution in [0.4, 0.5) is 0 Å². The zero-order chi connectivity index (χ0) is 13.8. The summed E-state index contributed by atoms with van der Waals surface area (Å²) in [4.78, 5) is 26.2. The number of carbonyl (C=O) groups is 2. The fourth-order valence-electron chi connectivity index (χ4n) is 2.20. The normalized spacial score (nSPS) is 17.3. The lowest BCUT2D eigenvalue weighted by Crippen LogP contribution is -2.57. The van der Waals surface area contributed by atoms with Crippen LogP contribution in [-0.2, 0) is 9.59 Å². The molecule has 0 aromatic carbocycles. The third kappa shape index (κ3) is 3.88. The molecule has 104 valence electrons. The summed E-state index contributed by atoms with van der Waals surface area (Å²) in [5.41, 5.74) is 0.127. The maximum atomic E-state index is 11.9. The SMILES string of the molecule is CN(CC1(N(C)C)CCC1)C(=O)CSCC(=O)O. The average Bonchev–Trinajstić information content (AvgIpc) is 2.21.